The predicted octanol–water partition coefficient (Wildman–Crippen LogP) is 1.92. The van der Waals surface area contributed by atoms with E-state index < -0.39 is 17.9 Å². The zero-order valence-corrected chi connectivity index (χ0v) is 17.8. The van der Waals surface area contributed by atoms with Crippen LogP contribution in [0.25, 0.3) is 0 Å². The van der Waals surface area contributed by atoms with Crippen LogP contribution in [0.5, 0.6) is 0 Å². The number of benzene rings is 1. The van der Waals surface area contributed by atoms with Crippen molar-refractivity contribution >= 4 is 23.7 Å². The van der Waals surface area contributed by atoms with Crippen LogP contribution in [0.4, 0.5) is 5.82 Å². The van der Waals surface area contributed by atoms with E-state index in [0.29, 0.717) is 19.0 Å². The fraction of sp³-hybridized carbons (Fsp3) is 0.391. The van der Waals surface area contributed by atoms with Crippen LogP contribution in [0, 0.1) is 12.8 Å². The van der Waals surface area contributed by atoms with E-state index in [1.54, 1.807) is 13.1 Å². The van der Waals surface area contributed by atoms with Crippen molar-refractivity contribution in [2.45, 2.75) is 19.9 Å². The van der Waals surface area contributed by atoms with Gasteiger partial charge < -0.3 is 14.5 Å². The Morgan fingerprint density at radius 3 is 2.58 bits per heavy atom. The van der Waals surface area contributed by atoms with E-state index >= 15 is 0 Å². The standard InChI is InChI=1S/C23H27N5O3/c1-3-31-22(30)19-20(17-8-6-7-16(2)15-17)25-23(26-21(19)29)28-13-11-27(12-14-28)18-9-4-5-10-24-18/h4-10,15,19-20H,3,11-14H2,1-2H3,(H,25,26,29)/t19-,20+/m1/s1. The fourth-order valence-electron chi connectivity index (χ4n) is 4.01. The van der Waals surface area contributed by atoms with E-state index in [9.17, 15) is 9.59 Å². The largest absolute Gasteiger partial charge is 0.465 e. The van der Waals surface area contributed by atoms with Gasteiger partial charge >= 0.3 is 5.97 Å². The number of hydrogen-bond donors (Lipinski definition) is 1. The number of aryl methyl sites for hydroxylation is 1. The number of aliphatic imine (C=N–C) groups is 1. The molecule has 1 aromatic carbocycles. The van der Waals surface area contributed by atoms with Crippen LogP contribution in [-0.4, -0.2) is 60.5 Å². The first-order valence-corrected chi connectivity index (χ1v) is 10.6. The van der Waals surface area contributed by atoms with Crippen molar-refractivity contribution < 1.29 is 14.3 Å². The van der Waals surface area contributed by atoms with Gasteiger partial charge in [-0.15, -0.1) is 0 Å². The normalized spacial score (nSPS) is 21.4. The number of guanidine groups is 1. The Bertz CT molecular complexity index is 970. The number of nitrogens with one attached hydrogen (secondary N) is 1. The highest BCUT2D eigenvalue weighted by atomic mass is 16.5. The fourth-order valence-corrected chi connectivity index (χ4v) is 4.01. The Morgan fingerprint density at radius 2 is 1.90 bits per heavy atom. The second-order valence-corrected chi connectivity index (χ2v) is 7.69. The molecule has 2 atom stereocenters. The van der Waals surface area contributed by atoms with Gasteiger partial charge in [0.15, 0.2) is 5.92 Å². The molecule has 0 radical (unpaired) electrons. The summed E-state index contributed by atoms with van der Waals surface area (Å²) in [5, 5.41) is 2.85. The Labute approximate surface area is 181 Å². The van der Waals surface area contributed by atoms with Crippen LogP contribution in [0.1, 0.15) is 24.1 Å². The highest BCUT2D eigenvalue weighted by Crippen LogP contribution is 2.31. The van der Waals surface area contributed by atoms with Crippen LogP contribution in [0.3, 0.4) is 0 Å². The van der Waals surface area contributed by atoms with Gasteiger partial charge in [0.05, 0.1) is 6.61 Å². The predicted molar refractivity (Wildman–Crippen MR) is 118 cm³/mol. The molecule has 2 aliphatic rings. The number of hydrogen-bond acceptors (Lipinski definition) is 7. The maximum atomic E-state index is 13.0. The molecular formula is C23H27N5O3. The number of nitrogens with zero attached hydrogens (tertiary/aromatic N) is 4. The van der Waals surface area contributed by atoms with E-state index in [1.165, 1.54) is 0 Å². The average molecular weight is 422 g/mol. The minimum Gasteiger partial charge on any atom is -0.465 e. The van der Waals surface area contributed by atoms with Gasteiger partial charge in [-0.25, -0.2) is 9.98 Å². The van der Waals surface area contributed by atoms with E-state index in [0.717, 1.165) is 30.0 Å². The molecule has 8 heteroatoms. The summed E-state index contributed by atoms with van der Waals surface area (Å²) < 4.78 is 5.18. The molecule has 0 bridgehead atoms. The van der Waals surface area contributed by atoms with Crippen LogP contribution in [0.2, 0.25) is 0 Å². The maximum Gasteiger partial charge on any atom is 0.321 e. The summed E-state index contributed by atoms with van der Waals surface area (Å²) in [6.45, 7) is 6.85. The third-order valence-electron chi connectivity index (χ3n) is 5.57. The number of esters is 1. The Hall–Kier alpha value is -3.42. The molecule has 1 fully saturated rings. The number of ether oxygens (including phenoxy) is 1. The van der Waals surface area contributed by atoms with E-state index in [1.807, 2.05) is 49.4 Å². The summed E-state index contributed by atoms with van der Waals surface area (Å²) in [6.07, 6.45) is 1.79. The van der Waals surface area contributed by atoms with Gasteiger partial charge in [-0.3, -0.25) is 14.9 Å². The first-order valence-electron chi connectivity index (χ1n) is 10.6. The quantitative estimate of drug-likeness (QED) is 0.600. The molecule has 31 heavy (non-hydrogen) atoms. The van der Waals surface area contributed by atoms with Gasteiger partial charge in [-0.05, 0) is 31.5 Å². The van der Waals surface area contributed by atoms with Crippen molar-refractivity contribution in [3.05, 3.63) is 59.8 Å². The summed E-state index contributed by atoms with van der Waals surface area (Å²) >= 11 is 0. The number of piperazine rings is 1. The molecule has 162 valence electrons. The third kappa shape index (κ3) is 4.52. The minimum absolute atomic E-state index is 0.217. The van der Waals surface area contributed by atoms with Gasteiger partial charge in [0.25, 0.3) is 0 Å². The van der Waals surface area contributed by atoms with Crippen LogP contribution >= 0.6 is 0 Å². The summed E-state index contributed by atoms with van der Waals surface area (Å²) in [7, 11) is 0. The molecule has 4 rings (SSSR count). The van der Waals surface area contributed by atoms with Crippen molar-refractivity contribution in [1.29, 1.82) is 0 Å². The number of carbonyl (C=O) groups excluding carboxylic acids is 2. The number of rotatable bonds is 4. The van der Waals surface area contributed by atoms with Crippen molar-refractivity contribution in [3.8, 4) is 0 Å². The monoisotopic (exact) mass is 421 g/mol. The van der Waals surface area contributed by atoms with E-state index in [2.05, 4.69) is 20.1 Å². The topological polar surface area (TPSA) is 87.1 Å². The van der Waals surface area contributed by atoms with Crippen LogP contribution < -0.4 is 10.2 Å². The molecule has 0 spiro atoms. The Balaban J connectivity index is 1.57. The average Bonchev–Trinajstić information content (AvgIpc) is 2.79. The lowest BCUT2D eigenvalue weighted by Gasteiger charge is -2.39. The molecule has 1 amide bonds. The van der Waals surface area contributed by atoms with Crippen molar-refractivity contribution in [1.82, 2.24) is 15.2 Å². The Morgan fingerprint density at radius 1 is 1.13 bits per heavy atom. The van der Waals surface area contributed by atoms with Gasteiger partial charge in [0.2, 0.25) is 11.9 Å². The summed E-state index contributed by atoms with van der Waals surface area (Å²) in [5.74, 6) is -0.466. The summed E-state index contributed by atoms with van der Waals surface area (Å²) in [5.41, 5.74) is 1.88. The lowest BCUT2D eigenvalue weighted by atomic mass is 9.90. The zero-order chi connectivity index (χ0) is 21.8. The van der Waals surface area contributed by atoms with Gasteiger partial charge in [-0.2, -0.15) is 0 Å². The second kappa shape index (κ2) is 9.16. The van der Waals surface area contributed by atoms with Crippen molar-refractivity contribution in [2.24, 2.45) is 10.9 Å². The molecule has 1 aromatic heterocycles. The molecular weight excluding hydrogens is 394 g/mol. The lowest BCUT2D eigenvalue weighted by molar-refractivity contribution is -0.153. The number of carbonyl (C=O) groups is 2. The highest BCUT2D eigenvalue weighted by Gasteiger charge is 2.42. The third-order valence-corrected chi connectivity index (χ3v) is 5.57. The van der Waals surface area contributed by atoms with E-state index in [4.69, 9.17) is 9.73 Å². The summed E-state index contributed by atoms with van der Waals surface area (Å²) in [4.78, 5) is 39.1. The SMILES string of the molecule is CCOC(=O)[C@H]1C(=O)NC(N2CCN(c3ccccn3)CC2)=N[C@H]1c1cccc(C)c1. The molecule has 0 saturated carbocycles. The number of anilines is 1. The molecule has 2 aliphatic heterocycles. The molecule has 1 N–H and O–H groups in total. The smallest absolute Gasteiger partial charge is 0.321 e. The molecule has 2 aromatic rings. The molecule has 0 aliphatic carbocycles. The highest BCUT2D eigenvalue weighted by molar-refractivity contribution is 6.08. The first kappa shape index (κ1) is 20.8. The van der Waals surface area contributed by atoms with Crippen LogP contribution in [-0.2, 0) is 14.3 Å². The number of pyridine rings is 1. The molecule has 8 nitrogen and oxygen atoms in total. The number of amides is 1. The molecule has 3 heterocycles. The maximum absolute atomic E-state index is 13.0. The zero-order valence-electron chi connectivity index (χ0n) is 17.8. The number of aromatic nitrogens is 1. The van der Waals surface area contributed by atoms with Crippen molar-refractivity contribution in [3.63, 3.8) is 0 Å². The minimum atomic E-state index is -1.000. The van der Waals surface area contributed by atoms with Gasteiger partial charge in [0, 0.05) is 32.4 Å². The molecule has 0 unspecified atom stereocenters. The van der Waals surface area contributed by atoms with E-state index in [-0.39, 0.29) is 12.5 Å². The van der Waals surface area contributed by atoms with Crippen LogP contribution in [0.15, 0.2) is 53.7 Å². The second-order valence-electron chi connectivity index (χ2n) is 7.69. The van der Waals surface area contributed by atoms with Gasteiger partial charge in [0.1, 0.15) is 11.9 Å². The summed E-state index contributed by atoms with van der Waals surface area (Å²) in [6, 6.07) is 13.0. The van der Waals surface area contributed by atoms with Crippen molar-refractivity contribution in [2.75, 3.05) is 37.7 Å². The lowest BCUT2D eigenvalue weighted by Crippen LogP contribution is -2.57. The van der Waals surface area contributed by atoms with Gasteiger partial charge in [-0.1, -0.05) is 35.9 Å². The Kier molecular flexibility index (Phi) is 6.16. The molecule has 1 saturated heterocycles. The first-order chi connectivity index (χ1) is 15.1.